The third kappa shape index (κ3) is 2.72. The summed E-state index contributed by atoms with van der Waals surface area (Å²) < 4.78 is 10.5. The normalized spacial score (nSPS) is 18.6. The molecule has 1 atom stereocenters. The Morgan fingerprint density at radius 1 is 1.24 bits per heavy atom. The standard InChI is InChI=1S/C14H20O3/c1-14(15,11-5-6-11)9-10-4-7-12(16-2)13(8-10)17-3/h4,7-8,11,15H,5-6,9H2,1-3H3. The van der Waals surface area contributed by atoms with Gasteiger partial charge in [-0.05, 0) is 43.4 Å². The first-order valence-corrected chi connectivity index (χ1v) is 6.00. The fourth-order valence-corrected chi connectivity index (χ4v) is 2.25. The van der Waals surface area contributed by atoms with E-state index >= 15 is 0 Å². The fourth-order valence-electron chi connectivity index (χ4n) is 2.25. The largest absolute Gasteiger partial charge is 0.493 e. The maximum Gasteiger partial charge on any atom is 0.160 e. The molecular weight excluding hydrogens is 216 g/mol. The van der Waals surface area contributed by atoms with Gasteiger partial charge in [-0.2, -0.15) is 0 Å². The lowest BCUT2D eigenvalue weighted by molar-refractivity contribution is 0.0371. The third-order valence-electron chi connectivity index (χ3n) is 3.47. The molecule has 0 amide bonds. The Kier molecular flexibility index (Phi) is 3.29. The first-order chi connectivity index (χ1) is 8.06. The first-order valence-electron chi connectivity index (χ1n) is 6.00. The van der Waals surface area contributed by atoms with Crippen molar-refractivity contribution in [2.24, 2.45) is 5.92 Å². The minimum atomic E-state index is -0.598. The Balaban J connectivity index is 2.16. The van der Waals surface area contributed by atoms with E-state index in [1.165, 1.54) is 0 Å². The number of hydrogen-bond donors (Lipinski definition) is 1. The summed E-state index contributed by atoms with van der Waals surface area (Å²) in [5, 5.41) is 10.3. The van der Waals surface area contributed by atoms with Gasteiger partial charge in [0, 0.05) is 6.42 Å². The van der Waals surface area contributed by atoms with Crippen molar-refractivity contribution in [1.29, 1.82) is 0 Å². The fraction of sp³-hybridized carbons (Fsp3) is 0.571. The molecule has 2 rings (SSSR count). The molecular formula is C14H20O3. The Hall–Kier alpha value is -1.22. The van der Waals surface area contributed by atoms with E-state index in [1.807, 2.05) is 25.1 Å². The van der Waals surface area contributed by atoms with Gasteiger partial charge in [0.15, 0.2) is 11.5 Å². The maximum atomic E-state index is 10.3. The molecule has 1 aromatic carbocycles. The molecule has 1 N–H and O–H groups in total. The van der Waals surface area contributed by atoms with Crippen LogP contribution in [0.15, 0.2) is 18.2 Å². The predicted molar refractivity (Wildman–Crippen MR) is 66.6 cm³/mol. The van der Waals surface area contributed by atoms with Gasteiger partial charge in [-0.15, -0.1) is 0 Å². The van der Waals surface area contributed by atoms with Crippen molar-refractivity contribution in [3.05, 3.63) is 23.8 Å². The smallest absolute Gasteiger partial charge is 0.160 e. The van der Waals surface area contributed by atoms with Crippen LogP contribution in [0, 0.1) is 5.92 Å². The lowest BCUT2D eigenvalue weighted by Gasteiger charge is -2.23. The van der Waals surface area contributed by atoms with Gasteiger partial charge in [-0.3, -0.25) is 0 Å². The molecule has 94 valence electrons. The van der Waals surface area contributed by atoms with Crippen LogP contribution in [0.2, 0.25) is 0 Å². The molecule has 1 aliphatic rings. The zero-order valence-corrected chi connectivity index (χ0v) is 10.7. The zero-order chi connectivity index (χ0) is 12.5. The molecule has 3 heteroatoms. The van der Waals surface area contributed by atoms with E-state index in [0.29, 0.717) is 12.3 Å². The lowest BCUT2D eigenvalue weighted by atomic mass is 9.91. The molecule has 0 saturated heterocycles. The van der Waals surface area contributed by atoms with Crippen molar-refractivity contribution in [2.75, 3.05) is 14.2 Å². The van der Waals surface area contributed by atoms with Crippen LogP contribution in [0.1, 0.15) is 25.3 Å². The molecule has 0 spiro atoms. The summed E-state index contributed by atoms with van der Waals surface area (Å²) in [4.78, 5) is 0. The summed E-state index contributed by atoms with van der Waals surface area (Å²) >= 11 is 0. The van der Waals surface area contributed by atoms with E-state index in [-0.39, 0.29) is 0 Å². The summed E-state index contributed by atoms with van der Waals surface area (Å²) in [6, 6.07) is 5.81. The summed E-state index contributed by atoms with van der Waals surface area (Å²) in [7, 11) is 3.25. The van der Waals surface area contributed by atoms with E-state index in [2.05, 4.69) is 0 Å². The van der Waals surface area contributed by atoms with Gasteiger partial charge in [0.2, 0.25) is 0 Å². The van der Waals surface area contributed by atoms with Crippen LogP contribution in [0.3, 0.4) is 0 Å². The van der Waals surface area contributed by atoms with E-state index < -0.39 is 5.60 Å². The Bertz CT molecular complexity index is 394. The molecule has 0 bridgehead atoms. The van der Waals surface area contributed by atoms with Crippen LogP contribution >= 0.6 is 0 Å². The number of methoxy groups -OCH3 is 2. The minimum Gasteiger partial charge on any atom is -0.493 e. The van der Waals surface area contributed by atoms with E-state index in [9.17, 15) is 5.11 Å². The van der Waals surface area contributed by atoms with E-state index in [0.717, 1.165) is 29.9 Å². The molecule has 17 heavy (non-hydrogen) atoms. The summed E-state index contributed by atoms with van der Waals surface area (Å²) in [5.74, 6) is 1.90. The van der Waals surface area contributed by atoms with Gasteiger partial charge in [-0.1, -0.05) is 6.07 Å². The predicted octanol–water partition coefficient (Wildman–Crippen LogP) is 2.41. The highest BCUT2D eigenvalue weighted by Gasteiger charge is 2.39. The second kappa shape index (κ2) is 4.57. The molecule has 1 aromatic rings. The molecule has 0 radical (unpaired) electrons. The van der Waals surface area contributed by atoms with E-state index in [4.69, 9.17) is 9.47 Å². The second-order valence-corrected chi connectivity index (χ2v) is 5.00. The van der Waals surface area contributed by atoms with Crippen molar-refractivity contribution in [3.8, 4) is 11.5 Å². The summed E-state index contributed by atoms with van der Waals surface area (Å²) in [6.45, 7) is 1.92. The monoisotopic (exact) mass is 236 g/mol. The number of aliphatic hydroxyl groups is 1. The molecule has 1 saturated carbocycles. The molecule has 0 aliphatic heterocycles. The molecule has 3 nitrogen and oxygen atoms in total. The van der Waals surface area contributed by atoms with Crippen LogP contribution in [-0.2, 0) is 6.42 Å². The lowest BCUT2D eigenvalue weighted by Crippen LogP contribution is -2.29. The quantitative estimate of drug-likeness (QED) is 0.853. The molecule has 0 aromatic heterocycles. The highest BCUT2D eigenvalue weighted by Crippen LogP contribution is 2.41. The first kappa shape index (κ1) is 12.2. The van der Waals surface area contributed by atoms with Crippen molar-refractivity contribution < 1.29 is 14.6 Å². The van der Waals surface area contributed by atoms with Gasteiger partial charge in [-0.25, -0.2) is 0 Å². The average molecular weight is 236 g/mol. The van der Waals surface area contributed by atoms with Crippen molar-refractivity contribution in [2.45, 2.75) is 31.8 Å². The summed E-state index contributed by atoms with van der Waals surface area (Å²) in [5.41, 5.74) is 0.485. The van der Waals surface area contributed by atoms with Crippen molar-refractivity contribution in [1.82, 2.24) is 0 Å². The SMILES string of the molecule is COc1ccc(CC(C)(O)C2CC2)cc1OC. The zero-order valence-electron chi connectivity index (χ0n) is 10.7. The highest BCUT2D eigenvalue weighted by atomic mass is 16.5. The highest BCUT2D eigenvalue weighted by molar-refractivity contribution is 5.43. The number of rotatable bonds is 5. The Morgan fingerprint density at radius 2 is 1.88 bits per heavy atom. The number of hydrogen-bond acceptors (Lipinski definition) is 3. The number of ether oxygens (including phenoxy) is 2. The molecule has 1 unspecified atom stereocenters. The average Bonchev–Trinajstić information content (AvgIpc) is 3.12. The Morgan fingerprint density at radius 3 is 2.41 bits per heavy atom. The third-order valence-corrected chi connectivity index (χ3v) is 3.47. The topological polar surface area (TPSA) is 38.7 Å². The molecule has 1 aliphatic carbocycles. The van der Waals surface area contributed by atoms with Crippen molar-refractivity contribution in [3.63, 3.8) is 0 Å². The molecule has 0 heterocycles. The van der Waals surface area contributed by atoms with Crippen LogP contribution in [0.25, 0.3) is 0 Å². The van der Waals surface area contributed by atoms with Gasteiger partial charge >= 0.3 is 0 Å². The Labute approximate surface area is 102 Å². The van der Waals surface area contributed by atoms with Gasteiger partial charge < -0.3 is 14.6 Å². The van der Waals surface area contributed by atoms with Crippen LogP contribution in [0.5, 0.6) is 11.5 Å². The maximum absolute atomic E-state index is 10.3. The van der Waals surface area contributed by atoms with E-state index in [1.54, 1.807) is 14.2 Å². The second-order valence-electron chi connectivity index (χ2n) is 5.00. The molecule has 1 fully saturated rings. The minimum absolute atomic E-state index is 0.454. The van der Waals surface area contributed by atoms with Crippen LogP contribution in [0.4, 0.5) is 0 Å². The summed E-state index contributed by atoms with van der Waals surface area (Å²) in [6.07, 6.45) is 2.94. The number of benzene rings is 1. The van der Waals surface area contributed by atoms with Crippen molar-refractivity contribution >= 4 is 0 Å². The van der Waals surface area contributed by atoms with Gasteiger partial charge in [0.05, 0.1) is 19.8 Å². The van der Waals surface area contributed by atoms with Crippen LogP contribution < -0.4 is 9.47 Å². The van der Waals surface area contributed by atoms with Gasteiger partial charge in [0.1, 0.15) is 0 Å². The van der Waals surface area contributed by atoms with Gasteiger partial charge in [0.25, 0.3) is 0 Å². The van der Waals surface area contributed by atoms with Crippen LogP contribution in [-0.4, -0.2) is 24.9 Å².